The van der Waals surface area contributed by atoms with Crippen LogP contribution in [0.4, 0.5) is 8.78 Å². The van der Waals surface area contributed by atoms with Crippen LogP contribution in [0.3, 0.4) is 0 Å². The van der Waals surface area contributed by atoms with Crippen molar-refractivity contribution in [1.29, 1.82) is 0 Å². The number of aromatic hydroxyl groups is 1. The van der Waals surface area contributed by atoms with Gasteiger partial charge >= 0.3 is 0 Å². The molecule has 1 aromatic rings. The van der Waals surface area contributed by atoms with E-state index in [2.05, 4.69) is 0 Å². The lowest BCUT2D eigenvalue weighted by molar-refractivity contribution is -0.497. The molecular formula is C7H5F2NO3. The highest BCUT2D eigenvalue weighted by Crippen LogP contribution is 2.22. The van der Waals surface area contributed by atoms with E-state index in [9.17, 15) is 18.9 Å². The Bertz CT molecular complexity index is 354. The molecule has 0 aliphatic heterocycles. The van der Waals surface area contributed by atoms with Crippen LogP contribution < -0.4 is 0 Å². The maximum absolute atomic E-state index is 12.6. The normalized spacial score (nSPS) is 10.0. The van der Waals surface area contributed by atoms with E-state index >= 15 is 0 Å². The standard InChI is InChI=1S/C7H5F2NO3/c8-5-1-4(3-10(12)13)7(11)6(9)2-5/h1-2,11H,3H2. The van der Waals surface area contributed by atoms with Crippen LogP contribution in [0.1, 0.15) is 5.56 Å². The minimum atomic E-state index is -1.20. The van der Waals surface area contributed by atoms with Gasteiger partial charge in [0.05, 0.1) is 5.56 Å². The molecule has 0 unspecified atom stereocenters. The lowest BCUT2D eigenvalue weighted by Crippen LogP contribution is -2.00. The van der Waals surface area contributed by atoms with Crippen molar-refractivity contribution in [2.24, 2.45) is 0 Å². The van der Waals surface area contributed by atoms with Crippen LogP contribution in [0.25, 0.3) is 0 Å². The molecule has 0 fully saturated rings. The highest BCUT2D eigenvalue weighted by molar-refractivity contribution is 5.33. The SMILES string of the molecule is O=[N+]([O-])Cc1cc(F)cc(F)c1O. The lowest BCUT2D eigenvalue weighted by atomic mass is 10.2. The van der Waals surface area contributed by atoms with E-state index in [-0.39, 0.29) is 5.56 Å². The molecule has 0 amide bonds. The third-order valence-corrected chi connectivity index (χ3v) is 1.41. The van der Waals surface area contributed by atoms with Gasteiger partial charge in [-0.15, -0.1) is 0 Å². The summed E-state index contributed by atoms with van der Waals surface area (Å²) in [7, 11) is 0. The molecule has 0 heterocycles. The number of phenolic OH excluding ortho intramolecular Hbond substituents is 1. The van der Waals surface area contributed by atoms with Gasteiger partial charge in [-0.1, -0.05) is 0 Å². The molecule has 0 spiro atoms. The van der Waals surface area contributed by atoms with Gasteiger partial charge in [0, 0.05) is 11.0 Å². The second-order valence-electron chi connectivity index (χ2n) is 2.39. The molecule has 4 nitrogen and oxygen atoms in total. The molecule has 0 saturated heterocycles. The van der Waals surface area contributed by atoms with E-state index in [1.165, 1.54) is 0 Å². The summed E-state index contributed by atoms with van der Waals surface area (Å²) < 4.78 is 25.1. The van der Waals surface area contributed by atoms with Gasteiger partial charge in [-0.05, 0) is 6.07 Å². The number of nitro groups is 1. The Morgan fingerprint density at radius 3 is 2.62 bits per heavy atom. The van der Waals surface area contributed by atoms with Gasteiger partial charge in [-0.2, -0.15) is 0 Å². The zero-order valence-corrected chi connectivity index (χ0v) is 6.33. The highest BCUT2D eigenvalue weighted by Gasteiger charge is 2.13. The minimum Gasteiger partial charge on any atom is -0.504 e. The van der Waals surface area contributed by atoms with Crippen molar-refractivity contribution in [2.75, 3.05) is 0 Å². The highest BCUT2D eigenvalue weighted by atomic mass is 19.1. The van der Waals surface area contributed by atoms with Crippen molar-refractivity contribution >= 4 is 0 Å². The zero-order chi connectivity index (χ0) is 10.0. The van der Waals surface area contributed by atoms with Gasteiger partial charge in [0.15, 0.2) is 11.6 Å². The third kappa shape index (κ3) is 2.11. The molecule has 1 rings (SSSR count). The first-order valence-corrected chi connectivity index (χ1v) is 3.29. The smallest absolute Gasteiger partial charge is 0.232 e. The number of benzene rings is 1. The largest absolute Gasteiger partial charge is 0.504 e. The first-order chi connectivity index (χ1) is 6.00. The second kappa shape index (κ2) is 3.34. The van der Waals surface area contributed by atoms with E-state index in [1.807, 2.05) is 0 Å². The van der Waals surface area contributed by atoms with Crippen molar-refractivity contribution in [1.82, 2.24) is 0 Å². The van der Waals surface area contributed by atoms with E-state index in [0.717, 1.165) is 6.07 Å². The Balaban J connectivity index is 3.12. The van der Waals surface area contributed by atoms with Crippen LogP contribution >= 0.6 is 0 Å². The van der Waals surface area contributed by atoms with Gasteiger partial charge in [0.1, 0.15) is 5.82 Å². The molecule has 0 bridgehead atoms. The number of halogens is 2. The summed E-state index contributed by atoms with van der Waals surface area (Å²) in [5, 5.41) is 18.9. The Morgan fingerprint density at radius 2 is 2.08 bits per heavy atom. The molecular weight excluding hydrogens is 184 g/mol. The van der Waals surface area contributed by atoms with Crippen molar-refractivity contribution in [3.8, 4) is 5.75 Å². The van der Waals surface area contributed by atoms with Crippen LogP contribution in [0.2, 0.25) is 0 Å². The predicted octanol–water partition coefficient (Wildman–Crippen LogP) is 1.45. The minimum absolute atomic E-state index is 0.373. The Morgan fingerprint density at radius 1 is 1.46 bits per heavy atom. The van der Waals surface area contributed by atoms with E-state index in [1.54, 1.807) is 0 Å². The summed E-state index contributed by atoms with van der Waals surface area (Å²) in [5.74, 6) is -3.03. The second-order valence-corrected chi connectivity index (χ2v) is 2.39. The maximum atomic E-state index is 12.6. The summed E-state index contributed by atoms with van der Waals surface area (Å²) in [5.41, 5.74) is -0.373. The van der Waals surface area contributed by atoms with E-state index < -0.39 is 28.9 Å². The number of hydrogen-bond donors (Lipinski definition) is 1. The predicted molar refractivity (Wildman–Crippen MR) is 38.7 cm³/mol. The number of phenols is 1. The summed E-state index contributed by atoms with van der Waals surface area (Å²) in [4.78, 5) is 9.21. The lowest BCUT2D eigenvalue weighted by Gasteiger charge is -2.00. The maximum Gasteiger partial charge on any atom is 0.232 e. The molecule has 0 saturated carbocycles. The van der Waals surface area contributed by atoms with Gasteiger partial charge in [0.2, 0.25) is 6.54 Å². The summed E-state index contributed by atoms with van der Waals surface area (Å²) in [6.45, 7) is -0.805. The fraction of sp³-hybridized carbons (Fsp3) is 0.143. The molecule has 0 aliphatic carbocycles. The van der Waals surface area contributed by atoms with E-state index in [4.69, 9.17) is 5.11 Å². The third-order valence-electron chi connectivity index (χ3n) is 1.41. The summed E-state index contributed by atoms with van der Waals surface area (Å²) in [6, 6.07) is 1.18. The van der Waals surface area contributed by atoms with Crippen LogP contribution in [-0.4, -0.2) is 10.0 Å². The average molecular weight is 189 g/mol. The first-order valence-electron chi connectivity index (χ1n) is 3.29. The molecule has 1 aromatic carbocycles. The number of hydrogen-bond acceptors (Lipinski definition) is 3. The molecule has 1 N–H and O–H groups in total. The summed E-state index contributed by atoms with van der Waals surface area (Å²) >= 11 is 0. The van der Waals surface area contributed by atoms with Crippen LogP contribution in [0, 0.1) is 21.7 Å². The Kier molecular flexibility index (Phi) is 2.41. The van der Waals surface area contributed by atoms with Crippen molar-refractivity contribution < 1.29 is 18.8 Å². The van der Waals surface area contributed by atoms with Crippen LogP contribution in [0.15, 0.2) is 12.1 Å². The van der Waals surface area contributed by atoms with Crippen molar-refractivity contribution in [3.05, 3.63) is 39.4 Å². The van der Waals surface area contributed by atoms with Gasteiger partial charge in [0.25, 0.3) is 0 Å². The monoisotopic (exact) mass is 189 g/mol. The fourth-order valence-electron chi connectivity index (χ4n) is 0.879. The van der Waals surface area contributed by atoms with Crippen LogP contribution in [0.5, 0.6) is 5.75 Å². The molecule has 70 valence electrons. The molecule has 0 aliphatic rings. The molecule has 13 heavy (non-hydrogen) atoms. The molecule has 0 aromatic heterocycles. The number of nitrogens with zero attached hydrogens (tertiary/aromatic N) is 1. The van der Waals surface area contributed by atoms with E-state index in [0.29, 0.717) is 6.07 Å². The summed E-state index contributed by atoms with van der Waals surface area (Å²) in [6.07, 6.45) is 0. The first kappa shape index (κ1) is 9.37. The Hall–Kier alpha value is -1.72. The fourth-order valence-corrected chi connectivity index (χ4v) is 0.879. The van der Waals surface area contributed by atoms with Crippen molar-refractivity contribution in [2.45, 2.75) is 6.54 Å². The van der Waals surface area contributed by atoms with Crippen LogP contribution in [-0.2, 0) is 6.54 Å². The quantitative estimate of drug-likeness (QED) is 0.565. The molecule has 0 atom stereocenters. The molecule has 0 radical (unpaired) electrons. The molecule has 6 heteroatoms. The average Bonchev–Trinajstić information content (AvgIpc) is 1.98. The zero-order valence-electron chi connectivity index (χ0n) is 6.33. The Labute approximate surface area is 71.6 Å². The topological polar surface area (TPSA) is 63.4 Å². The van der Waals surface area contributed by atoms with Gasteiger partial charge in [-0.25, -0.2) is 8.78 Å². The number of rotatable bonds is 2. The van der Waals surface area contributed by atoms with Gasteiger partial charge < -0.3 is 5.11 Å². The van der Waals surface area contributed by atoms with Crippen molar-refractivity contribution in [3.63, 3.8) is 0 Å². The van der Waals surface area contributed by atoms with Gasteiger partial charge in [-0.3, -0.25) is 10.1 Å².